The molecule has 0 aliphatic heterocycles. The molecule has 1 nitrogen and oxygen atoms in total. The van der Waals surface area contributed by atoms with Crippen molar-refractivity contribution in [3.8, 4) is 0 Å². The van der Waals surface area contributed by atoms with E-state index >= 15 is 0 Å². The number of fused-ring (bicyclic) bond motifs is 2. The highest BCUT2D eigenvalue weighted by atomic mass is 35.5. The Kier molecular flexibility index (Phi) is 1.24. The Morgan fingerprint density at radius 3 is 2.33 bits per heavy atom. The molecule has 0 saturated heterocycles. The lowest BCUT2D eigenvalue weighted by atomic mass is 10.0. The standard InChI is InChI=1S/C7H11ClO/c8-6-3-4-1-2-5(6)7(4)9/h4-7,9H,1-3H2/t4-,5+,6-,7-/m1/s1. The molecular formula is C7H11ClO. The zero-order valence-electron chi connectivity index (χ0n) is 5.26. The first-order chi connectivity index (χ1) is 4.29. The molecule has 0 amide bonds. The summed E-state index contributed by atoms with van der Waals surface area (Å²) in [4.78, 5) is 0. The number of rotatable bonds is 0. The summed E-state index contributed by atoms with van der Waals surface area (Å²) in [5.41, 5.74) is 0. The molecule has 2 fully saturated rings. The van der Waals surface area contributed by atoms with Crippen LogP contribution in [0.3, 0.4) is 0 Å². The van der Waals surface area contributed by atoms with Crippen LogP contribution in [0.15, 0.2) is 0 Å². The van der Waals surface area contributed by atoms with Crippen molar-refractivity contribution in [1.29, 1.82) is 0 Å². The highest BCUT2D eigenvalue weighted by Gasteiger charge is 2.46. The molecule has 2 heteroatoms. The fourth-order valence-corrected chi connectivity index (χ4v) is 2.72. The normalized spacial score (nSPS) is 56.7. The van der Waals surface area contributed by atoms with Crippen LogP contribution in [0.2, 0.25) is 0 Å². The lowest BCUT2D eigenvalue weighted by molar-refractivity contribution is 0.129. The van der Waals surface area contributed by atoms with E-state index in [-0.39, 0.29) is 11.5 Å². The molecule has 2 saturated carbocycles. The number of alkyl halides is 1. The monoisotopic (exact) mass is 146 g/mol. The molecular weight excluding hydrogens is 136 g/mol. The van der Waals surface area contributed by atoms with E-state index in [1.54, 1.807) is 0 Å². The molecule has 0 heterocycles. The Labute approximate surface area is 60.0 Å². The molecule has 0 unspecified atom stereocenters. The van der Waals surface area contributed by atoms with Crippen LogP contribution in [0.25, 0.3) is 0 Å². The molecule has 2 aliphatic rings. The molecule has 9 heavy (non-hydrogen) atoms. The number of aliphatic hydroxyl groups is 1. The van der Waals surface area contributed by atoms with Crippen LogP contribution in [0.4, 0.5) is 0 Å². The highest BCUT2D eigenvalue weighted by Crippen LogP contribution is 2.46. The van der Waals surface area contributed by atoms with Gasteiger partial charge in [-0.25, -0.2) is 0 Å². The van der Waals surface area contributed by atoms with Gasteiger partial charge in [-0.2, -0.15) is 0 Å². The second-order valence-electron chi connectivity index (χ2n) is 3.24. The van der Waals surface area contributed by atoms with Crippen LogP contribution in [-0.2, 0) is 0 Å². The Hall–Kier alpha value is 0.250. The van der Waals surface area contributed by atoms with Gasteiger partial charge in [0, 0.05) is 11.3 Å². The summed E-state index contributed by atoms with van der Waals surface area (Å²) in [7, 11) is 0. The van der Waals surface area contributed by atoms with Crippen molar-refractivity contribution in [2.45, 2.75) is 30.7 Å². The minimum Gasteiger partial charge on any atom is -0.392 e. The van der Waals surface area contributed by atoms with Crippen LogP contribution in [0, 0.1) is 11.8 Å². The summed E-state index contributed by atoms with van der Waals surface area (Å²) in [6, 6.07) is 0. The molecule has 1 N–H and O–H groups in total. The predicted molar refractivity (Wildman–Crippen MR) is 36.5 cm³/mol. The first kappa shape index (κ1) is 5.99. The SMILES string of the molecule is O[C@@H]1[C@@H]2CC[C@H]1[C@H](Cl)C2. The second-order valence-corrected chi connectivity index (χ2v) is 3.80. The Morgan fingerprint density at radius 2 is 2.11 bits per heavy atom. The molecule has 0 aromatic rings. The van der Waals surface area contributed by atoms with Gasteiger partial charge in [-0.05, 0) is 25.2 Å². The van der Waals surface area contributed by atoms with Gasteiger partial charge < -0.3 is 5.11 Å². The summed E-state index contributed by atoms with van der Waals surface area (Å²) in [5, 5.41) is 9.69. The van der Waals surface area contributed by atoms with Crippen LogP contribution in [0.1, 0.15) is 19.3 Å². The molecule has 2 bridgehead atoms. The van der Waals surface area contributed by atoms with E-state index in [9.17, 15) is 5.11 Å². The van der Waals surface area contributed by atoms with Crippen LogP contribution in [-0.4, -0.2) is 16.6 Å². The third kappa shape index (κ3) is 0.714. The molecule has 0 aromatic carbocycles. The van der Waals surface area contributed by atoms with Gasteiger partial charge in [0.25, 0.3) is 0 Å². The van der Waals surface area contributed by atoms with Crippen LogP contribution < -0.4 is 0 Å². The van der Waals surface area contributed by atoms with Gasteiger partial charge in [0.05, 0.1) is 6.10 Å². The fourth-order valence-electron chi connectivity index (χ4n) is 2.21. The van der Waals surface area contributed by atoms with E-state index in [1.807, 2.05) is 0 Å². The summed E-state index contributed by atoms with van der Waals surface area (Å²) in [6.07, 6.45) is 3.34. The first-order valence-electron chi connectivity index (χ1n) is 3.61. The number of hydrogen-bond acceptors (Lipinski definition) is 1. The van der Waals surface area contributed by atoms with Crippen LogP contribution in [0.5, 0.6) is 0 Å². The van der Waals surface area contributed by atoms with Gasteiger partial charge in [-0.15, -0.1) is 11.6 Å². The minimum absolute atomic E-state index is 0.0625. The maximum Gasteiger partial charge on any atom is 0.0611 e. The van der Waals surface area contributed by atoms with Crippen molar-refractivity contribution >= 4 is 11.6 Å². The average Bonchev–Trinajstić information content (AvgIpc) is 2.25. The zero-order valence-corrected chi connectivity index (χ0v) is 6.01. The van der Waals surface area contributed by atoms with Crippen LogP contribution >= 0.6 is 11.6 Å². The average molecular weight is 147 g/mol. The van der Waals surface area contributed by atoms with Gasteiger partial charge in [-0.3, -0.25) is 0 Å². The number of hydrogen-bond donors (Lipinski definition) is 1. The largest absolute Gasteiger partial charge is 0.392 e. The van der Waals surface area contributed by atoms with E-state index in [1.165, 1.54) is 6.42 Å². The third-order valence-corrected chi connectivity index (χ3v) is 3.29. The fraction of sp³-hybridized carbons (Fsp3) is 1.00. The van der Waals surface area contributed by atoms with E-state index in [0.29, 0.717) is 11.8 Å². The van der Waals surface area contributed by atoms with Gasteiger partial charge in [0.1, 0.15) is 0 Å². The van der Waals surface area contributed by atoms with Crippen molar-refractivity contribution in [2.24, 2.45) is 11.8 Å². The maximum absolute atomic E-state index is 9.41. The molecule has 2 rings (SSSR count). The maximum atomic E-state index is 9.41. The molecule has 4 atom stereocenters. The molecule has 0 aromatic heterocycles. The van der Waals surface area contributed by atoms with E-state index in [0.717, 1.165) is 12.8 Å². The minimum atomic E-state index is -0.0625. The molecule has 2 aliphatic carbocycles. The van der Waals surface area contributed by atoms with E-state index < -0.39 is 0 Å². The van der Waals surface area contributed by atoms with Crippen molar-refractivity contribution in [3.05, 3.63) is 0 Å². The van der Waals surface area contributed by atoms with Crippen molar-refractivity contribution in [3.63, 3.8) is 0 Å². The Bertz CT molecular complexity index is 126. The van der Waals surface area contributed by atoms with E-state index in [2.05, 4.69) is 0 Å². The number of halogens is 1. The zero-order chi connectivity index (χ0) is 6.43. The summed E-state index contributed by atoms with van der Waals surface area (Å²) >= 11 is 5.94. The second kappa shape index (κ2) is 1.86. The topological polar surface area (TPSA) is 20.2 Å². The van der Waals surface area contributed by atoms with Gasteiger partial charge in [-0.1, -0.05) is 0 Å². The van der Waals surface area contributed by atoms with Crippen molar-refractivity contribution < 1.29 is 5.11 Å². The van der Waals surface area contributed by atoms with Crippen molar-refractivity contribution in [2.75, 3.05) is 0 Å². The third-order valence-electron chi connectivity index (χ3n) is 2.78. The Morgan fingerprint density at radius 1 is 1.33 bits per heavy atom. The molecule has 0 spiro atoms. The summed E-state index contributed by atoms with van der Waals surface area (Å²) < 4.78 is 0. The molecule has 0 radical (unpaired) electrons. The summed E-state index contributed by atoms with van der Waals surface area (Å²) in [6.45, 7) is 0. The predicted octanol–water partition coefficient (Wildman–Crippen LogP) is 1.38. The summed E-state index contributed by atoms with van der Waals surface area (Å²) in [5.74, 6) is 0.967. The lowest BCUT2D eigenvalue weighted by Gasteiger charge is -2.12. The lowest BCUT2D eigenvalue weighted by Crippen LogP contribution is -2.15. The quantitative estimate of drug-likeness (QED) is 0.512. The number of aliphatic hydroxyl groups excluding tert-OH is 1. The first-order valence-corrected chi connectivity index (χ1v) is 4.05. The Balaban J connectivity index is 2.16. The highest BCUT2D eigenvalue weighted by molar-refractivity contribution is 6.21. The van der Waals surface area contributed by atoms with Gasteiger partial charge >= 0.3 is 0 Å². The smallest absolute Gasteiger partial charge is 0.0611 e. The van der Waals surface area contributed by atoms with E-state index in [4.69, 9.17) is 11.6 Å². The van der Waals surface area contributed by atoms with Crippen molar-refractivity contribution in [1.82, 2.24) is 0 Å². The van der Waals surface area contributed by atoms with Gasteiger partial charge in [0.15, 0.2) is 0 Å². The van der Waals surface area contributed by atoms with Gasteiger partial charge in [0.2, 0.25) is 0 Å². The molecule has 52 valence electrons.